The minimum absolute atomic E-state index is 0.221. The molecule has 130 valence electrons. The maximum atomic E-state index is 12.2. The molecule has 3 rings (SSSR count). The Kier molecular flexibility index (Phi) is 5.57. The van der Waals surface area contributed by atoms with Gasteiger partial charge < -0.3 is 19.5 Å². The normalized spacial score (nSPS) is 13.3. The van der Waals surface area contributed by atoms with Crippen LogP contribution < -0.4 is 19.5 Å². The van der Waals surface area contributed by atoms with Crippen molar-refractivity contribution >= 4 is 17.7 Å². The van der Waals surface area contributed by atoms with Crippen LogP contribution >= 0.6 is 0 Å². The Hall–Kier alpha value is -2.95. The lowest BCUT2D eigenvalue weighted by molar-refractivity contribution is -0.111. The van der Waals surface area contributed by atoms with Crippen molar-refractivity contribution in [3.63, 3.8) is 0 Å². The first-order valence-electron chi connectivity index (χ1n) is 8.37. The number of rotatable bonds is 5. The number of para-hydroxylation sites is 1. The molecule has 1 amide bonds. The van der Waals surface area contributed by atoms with Gasteiger partial charge in [0.1, 0.15) is 5.75 Å². The number of nitrogens with one attached hydrogen (secondary N) is 1. The molecule has 1 aliphatic rings. The summed E-state index contributed by atoms with van der Waals surface area (Å²) in [6.07, 6.45) is 4.07. The molecule has 0 aromatic heterocycles. The predicted octanol–water partition coefficient (Wildman–Crippen LogP) is 3.90. The number of fused-ring (bicyclic) bond motifs is 1. The van der Waals surface area contributed by atoms with Crippen LogP contribution in [0.25, 0.3) is 6.08 Å². The summed E-state index contributed by atoms with van der Waals surface area (Å²) < 4.78 is 16.8. The molecule has 0 fully saturated rings. The minimum atomic E-state index is -0.221. The molecule has 5 heteroatoms. The van der Waals surface area contributed by atoms with Crippen LogP contribution in [0.5, 0.6) is 17.2 Å². The quantitative estimate of drug-likeness (QED) is 0.840. The molecule has 2 aromatic carbocycles. The molecule has 1 N–H and O–H groups in total. The summed E-state index contributed by atoms with van der Waals surface area (Å²) in [6, 6.07) is 13.0. The van der Waals surface area contributed by atoms with Gasteiger partial charge in [-0.05, 0) is 31.2 Å². The largest absolute Gasteiger partial charge is 0.493 e. The Morgan fingerprint density at radius 2 is 1.96 bits per heavy atom. The average Bonchev–Trinajstić information content (AvgIpc) is 2.86. The van der Waals surface area contributed by atoms with E-state index in [2.05, 4.69) is 5.32 Å². The summed E-state index contributed by atoms with van der Waals surface area (Å²) in [7, 11) is 0. The summed E-state index contributed by atoms with van der Waals surface area (Å²) in [6.45, 7) is 3.75. The van der Waals surface area contributed by atoms with Crippen molar-refractivity contribution in [2.24, 2.45) is 0 Å². The highest BCUT2D eigenvalue weighted by Gasteiger charge is 2.11. The molecule has 0 radical (unpaired) electrons. The van der Waals surface area contributed by atoms with Crippen molar-refractivity contribution in [2.75, 3.05) is 25.1 Å². The van der Waals surface area contributed by atoms with E-state index in [1.807, 2.05) is 37.3 Å². The van der Waals surface area contributed by atoms with Gasteiger partial charge in [-0.1, -0.05) is 18.2 Å². The second-order valence-corrected chi connectivity index (χ2v) is 5.51. The summed E-state index contributed by atoms with van der Waals surface area (Å²) in [5.74, 6) is 1.89. The first-order valence-corrected chi connectivity index (χ1v) is 8.37. The van der Waals surface area contributed by atoms with Gasteiger partial charge in [0.05, 0.1) is 19.8 Å². The molecule has 0 saturated carbocycles. The smallest absolute Gasteiger partial charge is 0.248 e. The molecule has 0 unspecified atom stereocenters. The fourth-order valence-corrected chi connectivity index (χ4v) is 2.50. The summed E-state index contributed by atoms with van der Waals surface area (Å²) >= 11 is 0. The lowest BCUT2D eigenvalue weighted by atomic mass is 10.2. The zero-order chi connectivity index (χ0) is 17.5. The van der Waals surface area contributed by atoms with Gasteiger partial charge in [-0.3, -0.25) is 4.79 Å². The molecule has 0 aliphatic carbocycles. The molecule has 0 atom stereocenters. The van der Waals surface area contributed by atoms with Crippen LogP contribution in [0.2, 0.25) is 0 Å². The van der Waals surface area contributed by atoms with E-state index in [0.717, 1.165) is 17.7 Å². The van der Waals surface area contributed by atoms with E-state index in [9.17, 15) is 4.79 Å². The second-order valence-electron chi connectivity index (χ2n) is 5.51. The first-order chi connectivity index (χ1) is 12.3. The van der Waals surface area contributed by atoms with Crippen molar-refractivity contribution in [3.05, 3.63) is 54.1 Å². The molecule has 0 saturated heterocycles. The zero-order valence-electron chi connectivity index (χ0n) is 14.2. The standard InChI is InChI=1S/C20H21NO4/c1-2-23-17-7-4-3-6-15(17)8-11-20(22)21-16-9-10-18-19(14-16)25-13-5-12-24-18/h3-4,6-11,14H,2,5,12-13H2,1H3,(H,21,22)/b11-8+. The van der Waals surface area contributed by atoms with E-state index in [-0.39, 0.29) is 5.91 Å². The molecule has 25 heavy (non-hydrogen) atoms. The fourth-order valence-electron chi connectivity index (χ4n) is 2.50. The van der Waals surface area contributed by atoms with Gasteiger partial charge in [-0.25, -0.2) is 0 Å². The number of amides is 1. The molecule has 0 bridgehead atoms. The Labute approximate surface area is 147 Å². The van der Waals surface area contributed by atoms with Gasteiger partial charge in [0.25, 0.3) is 0 Å². The van der Waals surface area contributed by atoms with E-state index >= 15 is 0 Å². The predicted molar refractivity (Wildman–Crippen MR) is 97.3 cm³/mol. The van der Waals surface area contributed by atoms with E-state index in [1.165, 1.54) is 6.08 Å². The van der Waals surface area contributed by atoms with Gasteiger partial charge in [0.15, 0.2) is 11.5 Å². The lowest BCUT2D eigenvalue weighted by Crippen LogP contribution is -2.08. The molecule has 5 nitrogen and oxygen atoms in total. The molecule has 1 aliphatic heterocycles. The van der Waals surface area contributed by atoms with Crippen molar-refractivity contribution in [1.29, 1.82) is 0 Å². The molecule has 0 spiro atoms. The van der Waals surface area contributed by atoms with Crippen LogP contribution in [-0.2, 0) is 4.79 Å². The van der Waals surface area contributed by atoms with Crippen molar-refractivity contribution in [3.8, 4) is 17.2 Å². The Morgan fingerprint density at radius 3 is 2.80 bits per heavy atom. The van der Waals surface area contributed by atoms with Crippen LogP contribution in [0, 0.1) is 0 Å². The van der Waals surface area contributed by atoms with Crippen molar-refractivity contribution in [2.45, 2.75) is 13.3 Å². The van der Waals surface area contributed by atoms with Crippen molar-refractivity contribution < 1.29 is 19.0 Å². The lowest BCUT2D eigenvalue weighted by Gasteiger charge is -2.09. The summed E-state index contributed by atoms with van der Waals surface area (Å²) in [5, 5.41) is 2.83. The molecule has 1 heterocycles. The zero-order valence-corrected chi connectivity index (χ0v) is 14.2. The highest BCUT2D eigenvalue weighted by atomic mass is 16.5. The summed E-state index contributed by atoms with van der Waals surface area (Å²) in [5.41, 5.74) is 1.52. The summed E-state index contributed by atoms with van der Waals surface area (Å²) in [4.78, 5) is 12.2. The SMILES string of the molecule is CCOc1ccccc1/C=C/C(=O)Nc1ccc2c(c1)OCCCO2. The maximum Gasteiger partial charge on any atom is 0.248 e. The van der Waals surface area contributed by atoms with Crippen LogP contribution in [0.3, 0.4) is 0 Å². The third-order valence-corrected chi connectivity index (χ3v) is 3.65. The Balaban J connectivity index is 1.68. The minimum Gasteiger partial charge on any atom is -0.493 e. The van der Waals surface area contributed by atoms with Crippen molar-refractivity contribution in [1.82, 2.24) is 0 Å². The van der Waals surface area contributed by atoms with Gasteiger partial charge in [-0.2, -0.15) is 0 Å². The van der Waals surface area contributed by atoms with E-state index in [4.69, 9.17) is 14.2 Å². The highest BCUT2D eigenvalue weighted by Crippen LogP contribution is 2.32. The number of hydrogen-bond acceptors (Lipinski definition) is 4. The first kappa shape index (κ1) is 16.9. The van der Waals surface area contributed by atoms with Crippen LogP contribution in [-0.4, -0.2) is 25.7 Å². The highest BCUT2D eigenvalue weighted by molar-refractivity contribution is 6.02. The van der Waals surface area contributed by atoms with Crippen LogP contribution in [0.15, 0.2) is 48.5 Å². The number of hydrogen-bond donors (Lipinski definition) is 1. The Morgan fingerprint density at radius 1 is 1.16 bits per heavy atom. The van der Waals surface area contributed by atoms with Crippen LogP contribution in [0.1, 0.15) is 18.9 Å². The van der Waals surface area contributed by atoms with E-state index in [0.29, 0.717) is 37.0 Å². The van der Waals surface area contributed by atoms with E-state index < -0.39 is 0 Å². The average molecular weight is 339 g/mol. The number of carbonyl (C=O) groups excluding carboxylic acids is 1. The van der Waals surface area contributed by atoms with Gasteiger partial charge in [0, 0.05) is 29.8 Å². The van der Waals surface area contributed by atoms with Gasteiger partial charge in [0.2, 0.25) is 5.91 Å². The van der Waals surface area contributed by atoms with Gasteiger partial charge >= 0.3 is 0 Å². The number of ether oxygens (including phenoxy) is 3. The van der Waals surface area contributed by atoms with Gasteiger partial charge in [-0.15, -0.1) is 0 Å². The van der Waals surface area contributed by atoms with E-state index in [1.54, 1.807) is 18.2 Å². The third kappa shape index (κ3) is 4.53. The molecule has 2 aromatic rings. The molecular formula is C20H21NO4. The fraction of sp³-hybridized carbons (Fsp3) is 0.250. The third-order valence-electron chi connectivity index (χ3n) is 3.65. The Bertz CT molecular complexity index is 770. The second kappa shape index (κ2) is 8.24. The monoisotopic (exact) mass is 339 g/mol. The number of anilines is 1. The number of benzene rings is 2. The topological polar surface area (TPSA) is 56.8 Å². The van der Waals surface area contributed by atoms with Crippen LogP contribution in [0.4, 0.5) is 5.69 Å². The molecular weight excluding hydrogens is 318 g/mol. The maximum absolute atomic E-state index is 12.2. The number of carbonyl (C=O) groups is 1.